The van der Waals surface area contributed by atoms with E-state index in [1.807, 2.05) is 0 Å². The molecule has 3 rings (SSSR count). The molecule has 8 nitrogen and oxygen atoms in total. The van der Waals surface area contributed by atoms with Gasteiger partial charge in [-0.1, -0.05) is 0 Å². The van der Waals surface area contributed by atoms with Crippen molar-refractivity contribution in [3.8, 4) is 0 Å². The van der Waals surface area contributed by atoms with Crippen LogP contribution in [0.4, 0.5) is 0 Å². The molecule has 3 atom stereocenters. The fraction of sp³-hybridized carbons (Fsp3) is 0.700. The predicted octanol–water partition coefficient (Wildman–Crippen LogP) is 0.0450. The van der Waals surface area contributed by atoms with Crippen LogP contribution in [0.15, 0.2) is 16.5 Å². The van der Waals surface area contributed by atoms with Gasteiger partial charge in [0.05, 0.1) is 12.8 Å². The van der Waals surface area contributed by atoms with Crippen LogP contribution in [0.5, 0.6) is 0 Å². The highest BCUT2D eigenvalue weighted by molar-refractivity contribution is 8.39. The number of hydrogen-bond acceptors (Lipinski definition) is 8. The summed E-state index contributed by atoms with van der Waals surface area (Å²) in [5.41, 5.74) is 6.68. The van der Waals surface area contributed by atoms with Crippen molar-refractivity contribution in [2.45, 2.75) is 25.2 Å². The average molecular weight is 318 g/mol. The molecule has 0 saturated carbocycles. The monoisotopic (exact) mass is 318 g/mol. The van der Waals surface area contributed by atoms with E-state index in [2.05, 4.69) is 32.8 Å². The molecule has 110 valence electrons. The van der Waals surface area contributed by atoms with Crippen molar-refractivity contribution in [1.29, 1.82) is 0 Å². The van der Waals surface area contributed by atoms with Gasteiger partial charge in [-0.05, 0) is 17.4 Å². The first kappa shape index (κ1) is 13.9. The maximum atomic E-state index is 10.8. The lowest BCUT2D eigenvalue weighted by atomic mass is 10.2. The fourth-order valence-corrected chi connectivity index (χ4v) is 3.08. The first-order valence-electron chi connectivity index (χ1n) is 6.38. The summed E-state index contributed by atoms with van der Waals surface area (Å²) in [4.78, 5) is 6.23. The molecule has 20 heavy (non-hydrogen) atoms. The second-order valence-corrected chi connectivity index (χ2v) is 6.44. The zero-order valence-corrected chi connectivity index (χ0v) is 12.6. The number of nitrogens with zero attached hydrogens (tertiary/aromatic N) is 2. The van der Waals surface area contributed by atoms with E-state index in [0.717, 1.165) is 24.4 Å². The van der Waals surface area contributed by atoms with Crippen LogP contribution in [-0.2, 0) is 13.8 Å². The van der Waals surface area contributed by atoms with Gasteiger partial charge in [0.15, 0.2) is 0 Å². The number of thiol groups is 1. The van der Waals surface area contributed by atoms with Gasteiger partial charge in [0.25, 0.3) is 0 Å². The van der Waals surface area contributed by atoms with E-state index >= 15 is 0 Å². The van der Waals surface area contributed by atoms with Crippen molar-refractivity contribution in [3.05, 3.63) is 11.5 Å². The van der Waals surface area contributed by atoms with Gasteiger partial charge in [-0.3, -0.25) is 0 Å². The van der Waals surface area contributed by atoms with E-state index in [1.165, 1.54) is 0 Å². The van der Waals surface area contributed by atoms with Crippen LogP contribution in [0.3, 0.4) is 0 Å². The smallest absolute Gasteiger partial charge is 0.382 e. The molecule has 0 aromatic carbocycles. The molecule has 0 bridgehead atoms. The Hall–Kier alpha value is -1.02. The maximum absolute atomic E-state index is 10.8. The lowest BCUT2D eigenvalue weighted by Gasteiger charge is -2.28. The van der Waals surface area contributed by atoms with E-state index < -0.39 is 7.23 Å². The normalized spacial score (nSPS) is 29.8. The van der Waals surface area contributed by atoms with Crippen LogP contribution in [0.2, 0.25) is 0 Å². The molecule has 0 radical (unpaired) electrons. The standard InChI is InChI=1S/C10H16N5O3PS/c11-9-8-10(13-4-12-9)15(5-14-8)7-2-1-6(18-7)3-17-19(16)20/h6-7,13-14H,1-5H2,(H2-,11,12,16,20)/p+1/t6-,7+/m0/s1. The Bertz CT molecular complexity index is 486. The molecular weight excluding hydrogens is 301 g/mol. The molecule has 1 unspecified atom stereocenters. The maximum Gasteiger partial charge on any atom is 0.582 e. The van der Waals surface area contributed by atoms with Crippen LogP contribution in [-0.4, -0.2) is 43.0 Å². The third-order valence-electron chi connectivity index (χ3n) is 3.51. The van der Waals surface area contributed by atoms with Gasteiger partial charge in [0.1, 0.15) is 49.1 Å². The molecule has 0 amide bonds. The lowest BCUT2D eigenvalue weighted by Crippen LogP contribution is -2.40. The Balaban J connectivity index is 1.61. The number of ether oxygens (including phenoxy) is 1. The first-order valence-corrected chi connectivity index (χ1v) is 8.71. The molecule has 1 saturated heterocycles. The number of amidine groups is 1. The molecule has 0 aromatic rings. The summed E-state index contributed by atoms with van der Waals surface area (Å²) >= 11 is 3.72. The number of nitrogens with two attached hydrogens (primary N) is 1. The summed E-state index contributed by atoms with van der Waals surface area (Å²) < 4.78 is 21.8. The van der Waals surface area contributed by atoms with E-state index in [-0.39, 0.29) is 12.3 Å². The fourth-order valence-electron chi connectivity index (χ4n) is 2.58. The summed E-state index contributed by atoms with van der Waals surface area (Å²) in [5.74, 6) is 1.45. The number of rotatable bonds is 4. The SMILES string of the molecule is NC1=NCNC2=C1NCN2[C@H]1CC[C@@H](CO[P+](=O)S)O1. The number of hydrogen-bond donors (Lipinski definition) is 4. The highest BCUT2D eigenvalue weighted by atomic mass is 32.7. The Morgan fingerprint density at radius 3 is 3.20 bits per heavy atom. The minimum absolute atomic E-state index is 0.0419. The third-order valence-corrected chi connectivity index (χ3v) is 4.22. The highest BCUT2D eigenvalue weighted by Crippen LogP contribution is 2.32. The zero-order chi connectivity index (χ0) is 14.1. The van der Waals surface area contributed by atoms with Crippen LogP contribution in [0, 0.1) is 0 Å². The summed E-state index contributed by atoms with van der Waals surface area (Å²) in [6, 6.07) is 0. The second kappa shape index (κ2) is 5.77. The van der Waals surface area contributed by atoms with Gasteiger partial charge in [-0.25, -0.2) is 4.99 Å². The van der Waals surface area contributed by atoms with E-state index in [1.54, 1.807) is 0 Å². The molecule has 10 heteroatoms. The number of aliphatic imine (C=N–C) groups is 1. The largest absolute Gasteiger partial charge is 0.582 e. The van der Waals surface area contributed by atoms with E-state index in [4.69, 9.17) is 15.0 Å². The molecule has 4 N–H and O–H groups in total. The highest BCUT2D eigenvalue weighted by Gasteiger charge is 2.37. The van der Waals surface area contributed by atoms with E-state index in [0.29, 0.717) is 25.8 Å². The van der Waals surface area contributed by atoms with Gasteiger partial charge >= 0.3 is 7.23 Å². The Morgan fingerprint density at radius 2 is 2.40 bits per heavy atom. The van der Waals surface area contributed by atoms with Gasteiger partial charge in [0, 0.05) is 0 Å². The van der Waals surface area contributed by atoms with Crippen molar-refractivity contribution in [2.24, 2.45) is 10.7 Å². The average Bonchev–Trinajstić information content (AvgIpc) is 3.02. The molecule has 0 aromatic heterocycles. The molecule has 1 fully saturated rings. The minimum Gasteiger partial charge on any atom is -0.382 e. The summed E-state index contributed by atoms with van der Waals surface area (Å²) in [6.07, 6.45) is 1.66. The number of nitrogens with one attached hydrogen (secondary N) is 2. The minimum atomic E-state index is -1.88. The first-order chi connectivity index (χ1) is 9.65. The van der Waals surface area contributed by atoms with Gasteiger partial charge < -0.3 is 26.0 Å². The molecule has 3 heterocycles. The molecule has 3 aliphatic heterocycles. The molecule has 3 aliphatic rings. The topological polar surface area (TPSA) is 101 Å². The van der Waals surface area contributed by atoms with Gasteiger partial charge in [-0.15, -0.1) is 4.52 Å². The third kappa shape index (κ3) is 2.71. The molecule has 0 aliphatic carbocycles. The van der Waals surface area contributed by atoms with Gasteiger partial charge in [-0.2, -0.15) is 0 Å². The van der Waals surface area contributed by atoms with Crippen molar-refractivity contribution < 1.29 is 13.8 Å². The van der Waals surface area contributed by atoms with Crippen LogP contribution in [0.25, 0.3) is 0 Å². The summed E-state index contributed by atoms with van der Waals surface area (Å²) in [6.45, 7) is 1.41. The van der Waals surface area contributed by atoms with Crippen LogP contribution in [0.1, 0.15) is 12.8 Å². The zero-order valence-electron chi connectivity index (χ0n) is 10.8. The predicted molar refractivity (Wildman–Crippen MR) is 76.9 cm³/mol. The summed E-state index contributed by atoms with van der Waals surface area (Å²) in [7, 11) is -1.88. The van der Waals surface area contributed by atoms with Crippen molar-refractivity contribution in [2.75, 3.05) is 19.9 Å². The Labute approximate surface area is 122 Å². The van der Waals surface area contributed by atoms with Crippen molar-refractivity contribution in [3.63, 3.8) is 0 Å². The van der Waals surface area contributed by atoms with Crippen molar-refractivity contribution >= 4 is 25.3 Å². The lowest BCUT2D eigenvalue weighted by molar-refractivity contribution is -0.0503. The van der Waals surface area contributed by atoms with Gasteiger partial charge in [0.2, 0.25) is 0 Å². The van der Waals surface area contributed by atoms with Crippen LogP contribution < -0.4 is 16.4 Å². The Kier molecular flexibility index (Phi) is 4.02. The van der Waals surface area contributed by atoms with Crippen LogP contribution >= 0.6 is 19.5 Å². The van der Waals surface area contributed by atoms with E-state index in [9.17, 15) is 4.57 Å². The van der Waals surface area contributed by atoms with Crippen molar-refractivity contribution in [1.82, 2.24) is 15.5 Å². The Morgan fingerprint density at radius 1 is 1.55 bits per heavy atom. The molecule has 0 spiro atoms. The molecular formula is C10H17N5O3PS+. The quantitative estimate of drug-likeness (QED) is 0.429. The summed E-state index contributed by atoms with van der Waals surface area (Å²) in [5, 5.41) is 6.43. The second-order valence-electron chi connectivity index (χ2n) is 4.73.